The molecule has 0 bridgehead atoms. The number of hydrogen-bond acceptors (Lipinski definition) is 5. The number of carbonyl (C=O) groups is 2. The van der Waals surface area contributed by atoms with Crippen LogP contribution in [0.5, 0.6) is 0 Å². The molecule has 0 spiro atoms. The molecule has 0 aliphatic carbocycles. The van der Waals surface area contributed by atoms with Gasteiger partial charge >= 0.3 is 5.97 Å². The summed E-state index contributed by atoms with van der Waals surface area (Å²) < 4.78 is 9.75. The van der Waals surface area contributed by atoms with Crippen LogP contribution in [0.1, 0.15) is 36.9 Å². The molecule has 6 nitrogen and oxygen atoms in total. The van der Waals surface area contributed by atoms with E-state index in [0.717, 1.165) is 0 Å². The topological polar surface area (TPSA) is 72.6 Å². The van der Waals surface area contributed by atoms with Crippen molar-refractivity contribution in [2.75, 3.05) is 13.2 Å². The van der Waals surface area contributed by atoms with E-state index in [1.165, 1.54) is 11.1 Å². The predicted molar refractivity (Wildman–Crippen MR) is 64.0 cm³/mol. The lowest BCUT2D eigenvalue weighted by Gasteiger charge is -2.24. The molecule has 0 radical (unpaired) electrons. The van der Waals surface area contributed by atoms with Gasteiger partial charge in [-0.2, -0.15) is 0 Å². The maximum absolute atomic E-state index is 12.2. The molecule has 0 atom stereocenters. The summed E-state index contributed by atoms with van der Waals surface area (Å²) in [4.78, 5) is 25.0. The van der Waals surface area contributed by atoms with Crippen molar-refractivity contribution >= 4 is 11.9 Å². The maximum atomic E-state index is 12.2. The minimum atomic E-state index is -0.434. The normalized spacial score (nSPS) is 10.5. The number of ether oxygens (including phenoxy) is 1. The van der Waals surface area contributed by atoms with E-state index in [0.29, 0.717) is 12.2 Å². The second kappa shape index (κ2) is 6.18. The third kappa shape index (κ3) is 3.32. The third-order valence-electron chi connectivity index (χ3n) is 2.43. The Bertz CT molecular complexity index is 425. The molecule has 0 aromatic carbocycles. The number of amides is 1. The first-order valence-corrected chi connectivity index (χ1v) is 5.85. The first-order chi connectivity index (χ1) is 8.47. The Morgan fingerprint density at radius 1 is 1.50 bits per heavy atom. The van der Waals surface area contributed by atoms with Crippen molar-refractivity contribution in [2.45, 2.75) is 33.7 Å². The Labute approximate surface area is 106 Å². The van der Waals surface area contributed by atoms with Gasteiger partial charge in [-0.15, -0.1) is 0 Å². The Hall–Kier alpha value is -1.85. The smallest absolute Gasteiger partial charge is 0.325 e. The number of esters is 1. The van der Waals surface area contributed by atoms with Crippen molar-refractivity contribution < 1.29 is 18.8 Å². The number of rotatable bonds is 5. The van der Waals surface area contributed by atoms with Gasteiger partial charge in [-0.3, -0.25) is 9.59 Å². The van der Waals surface area contributed by atoms with E-state index in [1.54, 1.807) is 13.8 Å². The lowest BCUT2D eigenvalue weighted by Crippen LogP contribution is -2.41. The quantitative estimate of drug-likeness (QED) is 0.742. The van der Waals surface area contributed by atoms with Gasteiger partial charge in [0.15, 0.2) is 0 Å². The number of aryl methyl sites for hydroxylation is 1. The molecule has 1 heterocycles. The summed E-state index contributed by atoms with van der Waals surface area (Å²) in [6, 6.07) is -0.133. The number of aromatic nitrogens is 1. The van der Waals surface area contributed by atoms with Gasteiger partial charge < -0.3 is 14.2 Å². The summed E-state index contributed by atoms with van der Waals surface area (Å²) in [6.45, 7) is 7.29. The predicted octanol–water partition coefficient (Wildman–Crippen LogP) is 1.40. The van der Waals surface area contributed by atoms with Crippen molar-refractivity contribution in [2.24, 2.45) is 0 Å². The Kier molecular flexibility index (Phi) is 4.88. The molecule has 1 amide bonds. The Balaban J connectivity index is 2.83. The van der Waals surface area contributed by atoms with Crippen molar-refractivity contribution in [3.8, 4) is 0 Å². The van der Waals surface area contributed by atoms with Crippen LogP contribution in [0.3, 0.4) is 0 Å². The highest BCUT2D eigenvalue weighted by Crippen LogP contribution is 2.12. The molecule has 0 N–H and O–H groups in total. The highest BCUT2D eigenvalue weighted by molar-refractivity contribution is 5.94. The summed E-state index contributed by atoms with van der Waals surface area (Å²) in [5.74, 6) is -0.627. The Morgan fingerprint density at radius 2 is 2.17 bits per heavy atom. The highest BCUT2D eigenvalue weighted by Gasteiger charge is 2.26. The maximum Gasteiger partial charge on any atom is 0.325 e. The van der Waals surface area contributed by atoms with E-state index in [4.69, 9.17) is 9.26 Å². The third-order valence-corrected chi connectivity index (χ3v) is 2.43. The van der Waals surface area contributed by atoms with Gasteiger partial charge in [-0.05, 0) is 27.7 Å². The zero-order valence-electron chi connectivity index (χ0n) is 11.1. The molecule has 1 aromatic heterocycles. The summed E-state index contributed by atoms with van der Waals surface area (Å²) >= 11 is 0. The van der Waals surface area contributed by atoms with Gasteiger partial charge in [-0.25, -0.2) is 0 Å². The minimum Gasteiger partial charge on any atom is -0.465 e. The monoisotopic (exact) mass is 254 g/mol. The standard InChI is InChI=1S/C12H18N2O4/c1-5-17-10(15)7-14(8(2)3)12(16)11-9(4)6-13-18-11/h6,8H,5,7H2,1-4H3. The second-order valence-corrected chi connectivity index (χ2v) is 4.17. The molecule has 0 fully saturated rings. The SMILES string of the molecule is CCOC(=O)CN(C(=O)c1oncc1C)C(C)C. The van der Waals surface area contributed by atoms with Crippen molar-refractivity contribution in [1.29, 1.82) is 0 Å². The minimum absolute atomic E-state index is 0.0928. The lowest BCUT2D eigenvalue weighted by atomic mass is 10.2. The summed E-state index contributed by atoms with van der Waals surface area (Å²) in [5, 5.41) is 3.56. The molecule has 100 valence electrons. The molecule has 0 aliphatic heterocycles. The average Bonchev–Trinajstić information content (AvgIpc) is 2.71. The molecule has 1 aromatic rings. The van der Waals surface area contributed by atoms with Crippen LogP contribution >= 0.6 is 0 Å². The zero-order chi connectivity index (χ0) is 13.7. The molecule has 0 aliphatic rings. The van der Waals surface area contributed by atoms with E-state index in [1.807, 2.05) is 13.8 Å². The Morgan fingerprint density at radius 3 is 2.61 bits per heavy atom. The number of hydrogen-bond donors (Lipinski definition) is 0. The van der Waals surface area contributed by atoms with Crippen molar-refractivity contribution in [1.82, 2.24) is 10.1 Å². The van der Waals surface area contributed by atoms with E-state index in [-0.39, 0.29) is 24.3 Å². The van der Waals surface area contributed by atoms with Crippen LogP contribution in [0.15, 0.2) is 10.7 Å². The molecule has 0 saturated carbocycles. The van der Waals surface area contributed by atoms with Crippen LogP contribution in [0.25, 0.3) is 0 Å². The fraction of sp³-hybridized carbons (Fsp3) is 0.583. The van der Waals surface area contributed by atoms with Crippen molar-refractivity contribution in [3.05, 3.63) is 17.5 Å². The fourth-order valence-electron chi connectivity index (χ4n) is 1.46. The van der Waals surface area contributed by atoms with E-state index in [9.17, 15) is 9.59 Å². The van der Waals surface area contributed by atoms with Crippen molar-refractivity contribution in [3.63, 3.8) is 0 Å². The largest absolute Gasteiger partial charge is 0.465 e. The average molecular weight is 254 g/mol. The van der Waals surface area contributed by atoms with Crippen LogP contribution in [-0.2, 0) is 9.53 Å². The number of carbonyl (C=O) groups excluding carboxylic acids is 2. The number of nitrogens with zero attached hydrogens (tertiary/aromatic N) is 2. The molecular weight excluding hydrogens is 236 g/mol. The van der Waals surface area contributed by atoms with Gasteiger partial charge in [0.05, 0.1) is 12.8 Å². The molecule has 18 heavy (non-hydrogen) atoms. The molecule has 0 unspecified atom stereocenters. The van der Waals surface area contributed by atoms with Crippen LogP contribution in [-0.4, -0.2) is 41.1 Å². The first-order valence-electron chi connectivity index (χ1n) is 5.85. The summed E-state index contributed by atoms with van der Waals surface area (Å²) in [6.07, 6.45) is 1.47. The van der Waals surface area contributed by atoms with Crippen LogP contribution in [0.4, 0.5) is 0 Å². The molecule has 1 rings (SSSR count). The van der Waals surface area contributed by atoms with Gasteiger partial charge in [-0.1, -0.05) is 5.16 Å². The highest BCUT2D eigenvalue weighted by atomic mass is 16.5. The van der Waals surface area contributed by atoms with E-state index < -0.39 is 5.97 Å². The van der Waals surface area contributed by atoms with Gasteiger partial charge in [0, 0.05) is 11.6 Å². The van der Waals surface area contributed by atoms with Crippen LogP contribution < -0.4 is 0 Å². The second-order valence-electron chi connectivity index (χ2n) is 4.17. The van der Waals surface area contributed by atoms with E-state index in [2.05, 4.69) is 5.16 Å². The molecule has 0 saturated heterocycles. The lowest BCUT2D eigenvalue weighted by molar-refractivity contribution is -0.144. The zero-order valence-corrected chi connectivity index (χ0v) is 11.1. The molecule has 6 heteroatoms. The molecular formula is C12H18N2O4. The summed E-state index contributed by atoms with van der Waals surface area (Å²) in [5.41, 5.74) is 0.648. The fourth-order valence-corrected chi connectivity index (χ4v) is 1.46. The summed E-state index contributed by atoms with van der Waals surface area (Å²) in [7, 11) is 0. The van der Waals surface area contributed by atoms with Crippen LogP contribution in [0, 0.1) is 6.92 Å². The van der Waals surface area contributed by atoms with Gasteiger partial charge in [0.25, 0.3) is 5.91 Å². The van der Waals surface area contributed by atoms with Gasteiger partial charge in [0.1, 0.15) is 6.54 Å². The van der Waals surface area contributed by atoms with Crippen LogP contribution in [0.2, 0.25) is 0 Å². The van der Waals surface area contributed by atoms with Gasteiger partial charge in [0.2, 0.25) is 5.76 Å². The van der Waals surface area contributed by atoms with E-state index >= 15 is 0 Å². The first kappa shape index (κ1) is 14.2.